The summed E-state index contributed by atoms with van der Waals surface area (Å²) in [6.45, 7) is 4.65. The van der Waals surface area contributed by atoms with Crippen LogP contribution in [0.1, 0.15) is 43.4 Å². The number of nitrogens with zero attached hydrogens (tertiary/aromatic N) is 1. The zero-order valence-corrected chi connectivity index (χ0v) is 18.4. The summed E-state index contributed by atoms with van der Waals surface area (Å²) in [4.78, 5) is 41.2. The summed E-state index contributed by atoms with van der Waals surface area (Å²) in [5.41, 5.74) is -0.361. The van der Waals surface area contributed by atoms with Crippen molar-refractivity contribution in [2.75, 3.05) is 19.4 Å². The maximum atomic E-state index is 11.8. The van der Waals surface area contributed by atoms with Crippen LogP contribution in [0.25, 0.3) is 0 Å². The van der Waals surface area contributed by atoms with Gasteiger partial charge in [0.05, 0.1) is 17.7 Å². The molecule has 3 rings (SSSR count). The monoisotopic (exact) mass is 471 g/mol. The van der Waals surface area contributed by atoms with Gasteiger partial charge in [-0.2, -0.15) is 0 Å². The van der Waals surface area contributed by atoms with E-state index in [4.69, 9.17) is 24.0 Å². The third kappa shape index (κ3) is 4.91. The average Bonchev–Trinajstić information content (AvgIpc) is 3.34. The molecule has 3 heterocycles. The lowest BCUT2D eigenvalue weighted by Crippen LogP contribution is -2.29. The number of hydrogen-bond acceptors (Lipinski definition) is 8. The van der Waals surface area contributed by atoms with Crippen LogP contribution in [0.15, 0.2) is 24.3 Å². The summed E-state index contributed by atoms with van der Waals surface area (Å²) in [6, 6.07) is 0. The highest BCUT2D eigenvalue weighted by molar-refractivity contribution is 7.51. The van der Waals surface area contributed by atoms with Crippen LogP contribution in [-0.4, -0.2) is 55.9 Å². The topological polar surface area (TPSA) is 165 Å². The molecule has 0 amide bonds. The van der Waals surface area contributed by atoms with Crippen LogP contribution in [0.3, 0.4) is 0 Å². The quantitative estimate of drug-likeness (QED) is 0.123. The Morgan fingerprint density at radius 2 is 1.97 bits per heavy atom. The van der Waals surface area contributed by atoms with Crippen molar-refractivity contribution in [3.8, 4) is 11.8 Å². The van der Waals surface area contributed by atoms with E-state index in [-0.39, 0.29) is 62.5 Å². The van der Waals surface area contributed by atoms with Crippen molar-refractivity contribution in [1.82, 2.24) is 4.57 Å². The van der Waals surface area contributed by atoms with Crippen molar-refractivity contribution in [3.63, 3.8) is 0 Å². The van der Waals surface area contributed by atoms with E-state index in [1.165, 1.54) is 11.5 Å². The molecule has 0 saturated heterocycles. The number of unbranched alkanes of at least 4 members (excludes halogenated alkanes) is 1. The molecule has 0 fully saturated rings. The number of rotatable bonds is 11. The highest BCUT2D eigenvalue weighted by Crippen LogP contribution is 2.57. The number of fused-ring (bicyclic) bond motifs is 5. The molecule has 32 heavy (non-hydrogen) atoms. The van der Waals surface area contributed by atoms with E-state index in [0.29, 0.717) is 11.1 Å². The number of ether oxygens (including phenoxy) is 3. The van der Waals surface area contributed by atoms with Gasteiger partial charge in [0.1, 0.15) is 19.3 Å². The predicted molar refractivity (Wildman–Crippen MR) is 110 cm³/mol. The fraction of sp³-hybridized carbons (Fsp3) is 0.500. The molecule has 12 heteroatoms. The van der Waals surface area contributed by atoms with Crippen LogP contribution < -0.4 is 0 Å². The lowest BCUT2D eigenvalue weighted by Gasteiger charge is -2.23. The molecule has 0 saturated carbocycles. The third-order valence-corrected chi connectivity index (χ3v) is 6.15. The molecule has 0 radical (unpaired) electrons. The fourth-order valence-electron chi connectivity index (χ4n) is 3.72. The minimum atomic E-state index is -4.08. The van der Waals surface area contributed by atoms with Crippen molar-refractivity contribution in [2.24, 2.45) is 0 Å². The second kappa shape index (κ2) is 9.11. The van der Waals surface area contributed by atoms with Crippen molar-refractivity contribution in [2.45, 2.75) is 44.4 Å². The molecule has 176 valence electrons. The van der Waals surface area contributed by atoms with E-state index in [0.717, 1.165) is 0 Å². The maximum absolute atomic E-state index is 11.8. The molecule has 0 aromatic carbocycles. The number of carbonyl (C=O) groups is 2. The summed E-state index contributed by atoms with van der Waals surface area (Å²) in [6.07, 6.45) is 2.91. The Kier molecular flexibility index (Phi) is 6.85. The first-order chi connectivity index (χ1) is 14.9. The van der Waals surface area contributed by atoms with Crippen molar-refractivity contribution >= 4 is 19.5 Å². The number of carbonyl (C=O) groups excluding carboxylic acids is 2. The molecule has 1 aromatic rings. The molecule has 4 N–H and O–H groups in total. The number of aromatic hydroxyl groups is 2. The van der Waals surface area contributed by atoms with E-state index in [1.807, 2.05) is 0 Å². The fourth-order valence-corrected chi connectivity index (χ4v) is 4.35. The van der Waals surface area contributed by atoms with Gasteiger partial charge in [0.2, 0.25) is 11.8 Å². The second-order valence-corrected chi connectivity index (χ2v) is 9.57. The molecule has 0 spiro atoms. The van der Waals surface area contributed by atoms with Gasteiger partial charge in [-0.25, -0.2) is 4.79 Å². The van der Waals surface area contributed by atoms with Gasteiger partial charge < -0.3 is 34.2 Å². The van der Waals surface area contributed by atoms with E-state index in [1.54, 1.807) is 12.2 Å². The van der Waals surface area contributed by atoms with Crippen molar-refractivity contribution in [3.05, 3.63) is 35.4 Å². The molecular formula is C20H26NO10P. The Balaban J connectivity index is 1.60. The van der Waals surface area contributed by atoms with Gasteiger partial charge >= 0.3 is 19.5 Å². The molecule has 1 aromatic heterocycles. The third-order valence-electron chi connectivity index (χ3n) is 5.25. The minimum Gasteiger partial charge on any atom is -0.494 e. The normalized spacial score (nSPS) is 20.9. The minimum absolute atomic E-state index is 0.00280. The lowest BCUT2D eigenvalue weighted by atomic mass is 9.90. The zero-order valence-electron chi connectivity index (χ0n) is 17.5. The maximum Gasteiger partial charge on any atom is 0.333 e. The zero-order chi connectivity index (χ0) is 23.7. The van der Waals surface area contributed by atoms with Crippen LogP contribution in [0.2, 0.25) is 0 Å². The Bertz CT molecular complexity index is 1010. The highest BCUT2D eigenvalue weighted by atomic mass is 31.2. The van der Waals surface area contributed by atoms with Crippen LogP contribution in [0.5, 0.6) is 11.8 Å². The first kappa shape index (κ1) is 24.1. The van der Waals surface area contributed by atoms with E-state index < -0.39 is 31.2 Å². The van der Waals surface area contributed by atoms with E-state index in [9.17, 15) is 24.4 Å². The molecule has 2 bridgehead atoms. The van der Waals surface area contributed by atoms with Crippen molar-refractivity contribution in [1.29, 1.82) is 0 Å². The Hall–Kier alpha value is -2.59. The average molecular weight is 471 g/mol. The Morgan fingerprint density at radius 3 is 2.62 bits per heavy atom. The summed E-state index contributed by atoms with van der Waals surface area (Å²) in [5.74, 6) is -1.68. The van der Waals surface area contributed by atoms with Crippen LogP contribution in [0.4, 0.5) is 0 Å². The molecule has 2 aliphatic rings. The van der Waals surface area contributed by atoms with Crippen LogP contribution >= 0.6 is 7.60 Å². The molecule has 2 aliphatic heterocycles. The van der Waals surface area contributed by atoms with Gasteiger partial charge in [0.25, 0.3) is 0 Å². The van der Waals surface area contributed by atoms with Gasteiger partial charge in [-0.3, -0.25) is 13.9 Å². The molecule has 2 atom stereocenters. The van der Waals surface area contributed by atoms with Gasteiger partial charge in [-0.1, -0.05) is 12.7 Å². The molecular weight excluding hydrogens is 445 g/mol. The number of esters is 2. The summed E-state index contributed by atoms with van der Waals surface area (Å²) < 4.78 is 28.1. The summed E-state index contributed by atoms with van der Waals surface area (Å²) >= 11 is 0. The van der Waals surface area contributed by atoms with Crippen LogP contribution in [-0.2, 0) is 40.5 Å². The summed E-state index contributed by atoms with van der Waals surface area (Å²) in [7, 11) is -4.08. The van der Waals surface area contributed by atoms with Gasteiger partial charge in [0.15, 0.2) is 5.60 Å². The first-order valence-electron chi connectivity index (χ1n) is 10.00. The number of aromatic nitrogens is 1. The molecule has 11 nitrogen and oxygen atoms in total. The summed E-state index contributed by atoms with van der Waals surface area (Å²) in [5, 5.41) is 21.3. The van der Waals surface area contributed by atoms with Gasteiger partial charge in [0, 0.05) is 18.2 Å². The smallest absolute Gasteiger partial charge is 0.333 e. The Labute approximate surface area is 184 Å². The predicted octanol–water partition coefficient (Wildman–Crippen LogP) is 1.75. The number of hydrogen-bond donors (Lipinski definition) is 4. The van der Waals surface area contributed by atoms with E-state index >= 15 is 0 Å². The standard InChI is InChI=1S/C20H26NO10P/c1-12(2)19(25)30-11-20-7-6-13(31-20)15-16(20)18(24)21(17(15)23)8-9-29-14(22)5-3-4-10-32(26,27)28/h6-7,13,23-24H,1,3-5,8-11H2,2H3,(H2,26,27,28). The SMILES string of the molecule is C=C(C)C(=O)OCC12C=CC(O1)c1c2c(O)n(CCOC(=O)CCCCP(=O)(O)O)c1O. The second-order valence-electron chi connectivity index (χ2n) is 7.80. The van der Waals surface area contributed by atoms with Gasteiger partial charge in [-0.05, 0) is 25.8 Å². The first-order valence-corrected chi connectivity index (χ1v) is 11.8. The Morgan fingerprint density at radius 1 is 1.25 bits per heavy atom. The van der Waals surface area contributed by atoms with Gasteiger partial charge in [-0.15, -0.1) is 0 Å². The van der Waals surface area contributed by atoms with E-state index in [2.05, 4.69) is 6.58 Å². The lowest BCUT2D eigenvalue weighted by molar-refractivity contribution is -0.147. The molecule has 2 unspecified atom stereocenters. The van der Waals surface area contributed by atoms with Crippen LogP contribution in [0, 0.1) is 0 Å². The highest BCUT2D eigenvalue weighted by Gasteiger charge is 2.53. The largest absolute Gasteiger partial charge is 0.494 e. The van der Waals surface area contributed by atoms with Crippen molar-refractivity contribution < 1.29 is 48.4 Å². The molecule has 0 aliphatic carbocycles.